The maximum Gasteiger partial charge on any atom is 0.472 e. The lowest BCUT2D eigenvalue weighted by molar-refractivity contribution is -0.870. The van der Waals surface area contributed by atoms with Crippen molar-refractivity contribution < 1.29 is 42.1 Å². The molecule has 0 aliphatic heterocycles. The molecule has 0 spiro atoms. The topological polar surface area (TPSA) is 108 Å². The summed E-state index contributed by atoms with van der Waals surface area (Å²) >= 11 is 0. The molecule has 90 heavy (non-hydrogen) atoms. The Morgan fingerprint density at radius 3 is 0.889 bits per heavy atom. The summed E-state index contributed by atoms with van der Waals surface area (Å²) in [5.74, 6) is -0.812. The molecule has 0 saturated heterocycles. The number of carbonyl (C=O) groups excluding carboxylic acids is 2. The van der Waals surface area contributed by atoms with Crippen LogP contribution in [0.5, 0.6) is 0 Å². The maximum absolute atomic E-state index is 12.9. The van der Waals surface area contributed by atoms with Gasteiger partial charge < -0.3 is 18.9 Å². The predicted molar refractivity (Wildman–Crippen MR) is 389 cm³/mol. The van der Waals surface area contributed by atoms with Crippen molar-refractivity contribution in [2.24, 2.45) is 0 Å². The van der Waals surface area contributed by atoms with Gasteiger partial charge in [-0.05, 0) is 128 Å². The van der Waals surface area contributed by atoms with Crippen LogP contribution in [0.1, 0.15) is 271 Å². The van der Waals surface area contributed by atoms with E-state index in [0.29, 0.717) is 17.4 Å². The molecule has 0 fully saturated rings. The highest BCUT2D eigenvalue weighted by Gasteiger charge is 2.27. The second-order valence-corrected chi connectivity index (χ2v) is 26.0. The SMILES string of the molecule is CC/C=C\C/C=C\C/C=C\C/C=C\C/C=C\C/C=C\C/C=C\C/C=C\C/C=C\CCCCCCCCCCCC(=O)OC(COC(=O)CCCCCCCCCCCCCCC/C=C\C/C=C\C/C=C\C/C=C\C/C=C\CC)COP(=O)(O)OCC[N+](C)(C)C. The van der Waals surface area contributed by atoms with E-state index >= 15 is 0 Å². The van der Waals surface area contributed by atoms with Crippen molar-refractivity contribution in [3.63, 3.8) is 0 Å². The van der Waals surface area contributed by atoms with Crippen LogP contribution in [-0.4, -0.2) is 74.9 Å². The fraction of sp³-hybridized carbons (Fsp3) is 0.625. The van der Waals surface area contributed by atoms with Crippen molar-refractivity contribution in [3.05, 3.63) is 170 Å². The van der Waals surface area contributed by atoms with Crippen LogP contribution in [0.4, 0.5) is 0 Å². The minimum Gasteiger partial charge on any atom is -0.462 e. The average Bonchev–Trinajstić information content (AvgIpc) is 3.58. The van der Waals surface area contributed by atoms with Gasteiger partial charge in [0.2, 0.25) is 0 Å². The molecule has 0 saturated carbocycles. The van der Waals surface area contributed by atoms with E-state index < -0.39 is 26.5 Å². The molecule has 0 aromatic rings. The van der Waals surface area contributed by atoms with Crippen molar-refractivity contribution in [2.45, 2.75) is 277 Å². The first-order chi connectivity index (χ1) is 44.0. The summed E-state index contributed by atoms with van der Waals surface area (Å²) in [5.41, 5.74) is 0. The Morgan fingerprint density at radius 2 is 0.600 bits per heavy atom. The number of rotatable bonds is 64. The van der Waals surface area contributed by atoms with Crippen LogP contribution in [0.2, 0.25) is 0 Å². The van der Waals surface area contributed by atoms with Gasteiger partial charge in [-0.15, -0.1) is 0 Å². The molecule has 9 nitrogen and oxygen atoms in total. The first-order valence-electron chi connectivity index (χ1n) is 35.9. The highest BCUT2D eigenvalue weighted by Crippen LogP contribution is 2.43. The number of unbranched alkanes of at least 4 members (excludes halogenated alkanes) is 22. The Balaban J connectivity index is 4.12. The first-order valence-corrected chi connectivity index (χ1v) is 37.4. The Morgan fingerprint density at radius 1 is 0.344 bits per heavy atom. The van der Waals surface area contributed by atoms with Crippen molar-refractivity contribution in [3.8, 4) is 0 Å². The number of esters is 2. The third-order valence-electron chi connectivity index (χ3n) is 14.7. The number of phosphoric ester groups is 1. The molecule has 10 heteroatoms. The minimum atomic E-state index is -4.41. The fourth-order valence-corrected chi connectivity index (χ4v) is 10.1. The molecule has 510 valence electrons. The third kappa shape index (κ3) is 72.4. The van der Waals surface area contributed by atoms with Crippen LogP contribution in [0, 0.1) is 0 Å². The zero-order valence-corrected chi connectivity index (χ0v) is 58.9. The van der Waals surface area contributed by atoms with Gasteiger partial charge in [-0.1, -0.05) is 300 Å². The molecule has 0 heterocycles. The molecule has 0 aliphatic rings. The molecule has 1 N–H and O–H groups in total. The van der Waals surface area contributed by atoms with E-state index in [1.165, 1.54) is 103 Å². The standard InChI is InChI=1S/C80H132NO8P/c1-6-8-10-12-14-16-18-20-22-24-26-28-30-32-34-36-37-38-39-40-41-42-43-45-47-49-51-53-55-57-59-61-63-65-67-69-71-73-80(83)89-78(77-88-90(84,85)87-75-74-81(3,4)5)76-86-79(82)72-70-68-66-64-62-60-58-56-54-52-50-48-46-44-35-33-31-29-27-25-23-21-19-17-15-13-11-9-7-2/h8-11,14-17,20-23,26-29,32-35,37-38,40-41,43,45,49,51,78H,6-7,12-13,18-19,24-25,30-31,36,39,42,44,46-48,50,52-77H2,1-5H3/p+1/b10-8-,11-9-,16-14-,17-15-,22-20-,23-21-,28-26-,29-27-,34-32-,35-33-,38-37-,41-40-,45-43-,51-49-. The largest absolute Gasteiger partial charge is 0.472 e. The number of hydrogen-bond donors (Lipinski definition) is 1. The Bertz CT molecular complexity index is 2130. The van der Waals surface area contributed by atoms with Crippen LogP contribution in [-0.2, 0) is 32.7 Å². The van der Waals surface area contributed by atoms with E-state index in [9.17, 15) is 19.0 Å². The smallest absolute Gasteiger partial charge is 0.462 e. The lowest BCUT2D eigenvalue weighted by atomic mass is 10.0. The number of ether oxygens (including phenoxy) is 2. The lowest BCUT2D eigenvalue weighted by Crippen LogP contribution is -2.37. The third-order valence-corrected chi connectivity index (χ3v) is 15.7. The summed E-state index contributed by atoms with van der Waals surface area (Å²) in [6, 6.07) is 0. The molecular formula is C80H133NO8P+. The highest BCUT2D eigenvalue weighted by molar-refractivity contribution is 7.47. The summed E-state index contributed by atoms with van der Waals surface area (Å²) < 4.78 is 34.7. The molecule has 0 aromatic heterocycles. The maximum atomic E-state index is 12.9. The van der Waals surface area contributed by atoms with E-state index in [-0.39, 0.29) is 32.0 Å². The molecule has 0 bridgehead atoms. The van der Waals surface area contributed by atoms with Gasteiger partial charge >= 0.3 is 19.8 Å². The van der Waals surface area contributed by atoms with Crippen LogP contribution in [0.3, 0.4) is 0 Å². The summed E-state index contributed by atoms with van der Waals surface area (Å²) in [7, 11) is 1.46. The van der Waals surface area contributed by atoms with Crippen LogP contribution < -0.4 is 0 Å². The van der Waals surface area contributed by atoms with Gasteiger partial charge in [0.15, 0.2) is 6.10 Å². The van der Waals surface area contributed by atoms with E-state index in [1.54, 1.807) is 0 Å². The Hall–Kier alpha value is -4.63. The van der Waals surface area contributed by atoms with Gasteiger partial charge in [0.05, 0.1) is 27.7 Å². The zero-order chi connectivity index (χ0) is 65.5. The number of nitrogens with zero attached hydrogens (tertiary/aromatic N) is 1. The number of hydrogen-bond acceptors (Lipinski definition) is 7. The van der Waals surface area contributed by atoms with Gasteiger partial charge in [-0.25, -0.2) is 4.57 Å². The van der Waals surface area contributed by atoms with Crippen molar-refractivity contribution >= 4 is 19.8 Å². The number of likely N-dealkylation sites (N-methyl/N-ethyl adjacent to an activating group) is 1. The van der Waals surface area contributed by atoms with E-state index in [2.05, 4.69) is 184 Å². The molecule has 0 aromatic carbocycles. The monoisotopic (exact) mass is 1270 g/mol. The number of carbonyl (C=O) groups is 2. The fourth-order valence-electron chi connectivity index (χ4n) is 9.33. The predicted octanol–water partition coefficient (Wildman–Crippen LogP) is 23.7. The average molecular weight is 1270 g/mol. The summed E-state index contributed by atoms with van der Waals surface area (Å²) in [5, 5.41) is 0. The van der Waals surface area contributed by atoms with Gasteiger partial charge in [0.25, 0.3) is 0 Å². The molecule has 0 amide bonds. The number of allylic oxidation sites excluding steroid dienone is 28. The first kappa shape index (κ1) is 85.4. The quantitative estimate of drug-likeness (QED) is 0.0211. The van der Waals surface area contributed by atoms with Crippen molar-refractivity contribution in [1.29, 1.82) is 0 Å². The second kappa shape index (κ2) is 68.7. The molecule has 0 rings (SSSR count). The normalized spacial score (nSPS) is 14.2. The van der Waals surface area contributed by atoms with E-state index in [0.717, 1.165) is 135 Å². The molecule has 2 atom stereocenters. The van der Waals surface area contributed by atoms with Gasteiger partial charge in [-0.3, -0.25) is 18.6 Å². The van der Waals surface area contributed by atoms with E-state index in [4.69, 9.17) is 18.5 Å². The van der Waals surface area contributed by atoms with Crippen LogP contribution in [0.25, 0.3) is 0 Å². The number of quaternary nitrogens is 1. The molecular weight excluding hydrogens is 1130 g/mol. The van der Waals surface area contributed by atoms with E-state index in [1.807, 2.05) is 21.1 Å². The molecule has 0 radical (unpaired) electrons. The van der Waals surface area contributed by atoms with Gasteiger partial charge in [0, 0.05) is 12.8 Å². The van der Waals surface area contributed by atoms with Crippen LogP contribution in [0.15, 0.2) is 170 Å². The highest BCUT2D eigenvalue weighted by atomic mass is 31.2. The zero-order valence-electron chi connectivity index (χ0n) is 58.1. The van der Waals surface area contributed by atoms with Gasteiger partial charge in [0.1, 0.15) is 19.8 Å². The lowest BCUT2D eigenvalue weighted by Gasteiger charge is -2.24. The van der Waals surface area contributed by atoms with Crippen molar-refractivity contribution in [2.75, 3.05) is 47.5 Å². The molecule has 2 unspecified atom stereocenters. The van der Waals surface area contributed by atoms with Crippen LogP contribution >= 0.6 is 7.82 Å². The summed E-state index contributed by atoms with van der Waals surface area (Å²) in [6.45, 7) is 4.19. The van der Waals surface area contributed by atoms with Crippen molar-refractivity contribution in [1.82, 2.24) is 0 Å². The summed E-state index contributed by atoms with van der Waals surface area (Å²) in [6.07, 6.45) is 104. The van der Waals surface area contributed by atoms with Gasteiger partial charge in [-0.2, -0.15) is 0 Å². The second-order valence-electron chi connectivity index (χ2n) is 24.5. The minimum absolute atomic E-state index is 0.0223. The number of phosphoric acid groups is 1. The Kier molecular flexibility index (Phi) is 65.2. The summed E-state index contributed by atoms with van der Waals surface area (Å²) in [4.78, 5) is 35.9. The molecule has 0 aliphatic carbocycles. The Labute approximate surface area is 553 Å².